The second-order valence-corrected chi connectivity index (χ2v) is 23.7. The molecule has 12 aromatic rings. The third kappa shape index (κ3) is 16.0. The van der Waals surface area contributed by atoms with Crippen molar-refractivity contribution in [1.29, 1.82) is 0 Å². The number of morpholine rings is 1. The van der Waals surface area contributed by atoms with Crippen LogP contribution in [0, 0.1) is 11.0 Å². The zero-order valence-electron chi connectivity index (χ0n) is 54.1. The van der Waals surface area contributed by atoms with E-state index in [0.29, 0.717) is 135 Å². The molecule has 3 N–H and O–H groups in total. The largest absolute Gasteiger partial charge is 0.632 e. The molecular formula is C73H67ClFN3O21. The Morgan fingerprint density at radius 2 is 0.929 bits per heavy atom. The first-order chi connectivity index (χ1) is 47.7. The van der Waals surface area contributed by atoms with Crippen molar-refractivity contribution in [2.24, 2.45) is 0 Å². The molecule has 1 saturated heterocycles. The summed E-state index contributed by atoms with van der Waals surface area (Å²) in [6.45, 7) is 5.69. The number of phenols is 3. The van der Waals surface area contributed by atoms with E-state index in [0.717, 1.165) is 0 Å². The van der Waals surface area contributed by atoms with Gasteiger partial charge < -0.3 is 75.4 Å². The predicted octanol–water partition coefficient (Wildman–Crippen LogP) is 10.6. The molecule has 1 fully saturated rings. The summed E-state index contributed by atoms with van der Waals surface area (Å²) in [7, 11) is 6.21. The Labute approximate surface area is 565 Å². The Kier molecular flexibility index (Phi) is 22.1. The number of rotatable bonds is 21. The monoisotopic (exact) mass is 1380 g/mol. The lowest BCUT2D eigenvalue weighted by Crippen LogP contribution is -2.46. The summed E-state index contributed by atoms with van der Waals surface area (Å²) < 4.78 is 71.5. The maximum atomic E-state index is 13.7. The van der Waals surface area contributed by atoms with Crippen molar-refractivity contribution in [2.75, 3.05) is 107 Å². The number of ether oxygens (including phenoxy) is 5. The summed E-state index contributed by atoms with van der Waals surface area (Å²) >= 11 is 6.10. The Hall–Kier alpha value is -10.2. The number of methoxy groups -OCH3 is 4. The zero-order valence-corrected chi connectivity index (χ0v) is 54.9. The van der Waals surface area contributed by atoms with Gasteiger partial charge in [0.15, 0.2) is 5.58 Å². The van der Waals surface area contributed by atoms with Gasteiger partial charge in [0.25, 0.3) is 0 Å². The summed E-state index contributed by atoms with van der Waals surface area (Å²) in [5.74, 6) is -0.689. The molecule has 6 aromatic carbocycles. The summed E-state index contributed by atoms with van der Waals surface area (Å²) in [6, 6.07) is 33.4. The normalized spacial score (nSPS) is 12.8. The minimum absolute atomic E-state index is 0.00749. The summed E-state index contributed by atoms with van der Waals surface area (Å²) in [6.07, 6.45) is 0. The molecule has 1 aliphatic heterocycles. The number of hydrogen-bond acceptors (Lipinski definition) is 23. The molecule has 0 aliphatic carbocycles. The number of fused-ring (bicyclic) bond motifs is 6. The number of aromatic hydroxyl groups is 3. The molecule has 0 bridgehead atoms. The first kappa shape index (κ1) is 70.2. The molecule has 0 spiro atoms. The molecule has 0 unspecified atom stereocenters. The number of nitrogens with zero attached hydrogens (tertiary/aromatic N) is 3. The first-order valence-corrected chi connectivity index (χ1v) is 31.6. The zero-order chi connectivity index (χ0) is 70.1. The number of phenolic OH excluding ortho intramolecular Hbond substituents is 3. The number of hydroxylamine groups is 3. The molecule has 7 heterocycles. The third-order valence-corrected chi connectivity index (χ3v) is 17.1. The molecule has 0 radical (unpaired) electrons. The van der Waals surface area contributed by atoms with Crippen molar-refractivity contribution >= 4 is 77.4 Å². The topological polar surface area (TPSA) is 318 Å². The Morgan fingerprint density at radius 1 is 0.495 bits per heavy atom. The van der Waals surface area contributed by atoms with Crippen LogP contribution in [0.1, 0.15) is 16.7 Å². The van der Waals surface area contributed by atoms with Gasteiger partial charge >= 0.3 is 33.8 Å². The van der Waals surface area contributed by atoms with Crippen LogP contribution in [0.25, 0.3) is 99.2 Å². The van der Waals surface area contributed by atoms with Crippen LogP contribution in [0.3, 0.4) is 0 Å². The van der Waals surface area contributed by atoms with Crippen molar-refractivity contribution in [3.8, 4) is 50.6 Å². The van der Waals surface area contributed by atoms with E-state index in [1.807, 2.05) is 11.0 Å². The smallest absolute Gasteiger partial charge is 0.344 e. The average molecular weight is 1380 g/mol. The van der Waals surface area contributed by atoms with E-state index in [9.17, 15) is 53.7 Å². The van der Waals surface area contributed by atoms with Crippen LogP contribution < -0.4 is 33.8 Å². The van der Waals surface area contributed by atoms with E-state index in [1.165, 1.54) is 74.9 Å². The molecule has 99 heavy (non-hydrogen) atoms. The Morgan fingerprint density at radius 3 is 1.44 bits per heavy atom. The standard InChI is InChI=1S/C25H24ClNO7.C25H25NO8.C23H18FNO6/c1-31-9-7-27(8-10-32-2)14-20-21(28)5-4-17-18(13-23(29)34-24(17)20)19-12-15-11-16(26)3-6-22(15)33-25(19)30;1-31-11-9-26(30,10-12-32-2)15-20-21(27)8-7-17-18(14-23(28)34-24(17)20)19-13-16-5-3-4-6-22(16)33-25(19)29;24-14-1-4-20-13(9-14)10-17(23(28)30-20)16-11-21(27)31-22-15(16)2-3-19(26)18(22)12-25-5-7-29-8-6-25/h3-6,11-13,28H,7-10,14H2,1-2H3;3-8,13-14,27H,9-12,15H2,1-2H3;1-4,9-11,26H,5-8,12H2. The average Bonchev–Trinajstić information content (AvgIpc) is 0.770. The molecule has 0 amide bonds. The summed E-state index contributed by atoms with van der Waals surface area (Å²) in [5, 5.41) is 48.8. The minimum atomic E-state index is -0.763. The highest BCUT2D eigenvalue weighted by Crippen LogP contribution is 2.38. The fourth-order valence-electron chi connectivity index (χ4n) is 11.7. The maximum absolute atomic E-state index is 13.7. The Bertz CT molecular complexity index is 5330. The lowest BCUT2D eigenvalue weighted by molar-refractivity contribution is -0.894. The van der Waals surface area contributed by atoms with Crippen molar-refractivity contribution in [3.05, 3.63) is 229 Å². The van der Waals surface area contributed by atoms with Crippen molar-refractivity contribution in [1.82, 2.24) is 9.80 Å². The molecule has 24 nitrogen and oxygen atoms in total. The van der Waals surface area contributed by atoms with Gasteiger partial charge in [0, 0.05) is 140 Å². The first-order valence-electron chi connectivity index (χ1n) is 31.2. The van der Waals surface area contributed by atoms with Gasteiger partial charge in [-0.15, -0.1) is 0 Å². The summed E-state index contributed by atoms with van der Waals surface area (Å²) in [5.41, 5.74) is 0.0577. The molecular weight excluding hydrogens is 1310 g/mol. The van der Waals surface area contributed by atoms with Crippen LogP contribution in [0.15, 0.2) is 189 Å². The van der Waals surface area contributed by atoms with Gasteiger partial charge in [0.05, 0.1) is 73.0 Å². The van der Waals surface area contributed by atoms with E-state index in [2.05, 4.69) is 4.90 Å². The highest BCUT2D eigenvalue weighted by Gasteiger charge is 2.27. The summed E-state index contributed by atoms with van der Waals surface area (Å²) in [4.78, 5) is 79.8. The van der Waals surface area contributed by atoms with Crippen molar-refractivity contribution < 1.29 is 74.5 Å². The minimum Gasteiger partial charge on any atom is -0.632 e. The SMILES string of the molecule is COCCN(CCOC)Cc1c(O)ccc2c(-c3cc4cc(Cl)ccc4oc3=O)cc(=O)oc12.COCC[N+]([O-])(CCOC)Cc1c(O)ccc2c(-c3cc4ccccc4oc3=O)cc(=O)oc12.O=c1cc(-c2cc3cc(F)ccc3oc2=O)c2ccc(O)c(CN3CCOCC3)c2o1. The molecule has 13 rings (SSSR count). The van der Waals surface area contributed by atoms with Gasteiger partial charge in [-0.2, -0.15) is 0 Å². The van der Waals surface area contributed by atoms with Crippen LogP contribution in [0.4, 0.5) is 4.39 Å². The van der Waals surface area contributed by atoms with Gasteiger partial charge in [-0.05, 0) is 97.1 Å². The number of halogens is 2. The van der Waals surface area contributed by atoms with E-state index in [4.69, 9.17) is 61.8 Å². The molecule has 514 valence electrons. The fraction of sp³-hybridized carbons (Fsp3) is 0.260. The highest BCUT2D eigenvalue weighted by atomic mass is 35.5. The van der Waals surface area contributed by atoms with E-state index < -0.39 is 44.2 Å². The predicted molar refractivity (Wildman–Crippen MR) is 368 cm³/mol. The van der Waals surface area contributed by atoms with E-state index >= 15 is 0 Å². The second-order valence-electron chi connectivity index (χ2n) is 23.3. The van der Waals surface area contributed by atoms with Gasteiger partial charge in [-0.1, -0.05) is 29.8 Å². The van der Waals surface area contributed by atoms with Crippen molar-refractivity contribution in [3.63, 3.8) is 0 Å². The molecule has 0 atom stereocenters. The van der Waals surface area contributed by atoms with Gasteiger partial charge in [-0.25, -0.2) is 33.2 Å². The fourth-order valence-corrected chi connectivity index (χ4v) is 11.9. The lowest BCUT2D eigenvalue weighted by atomic mass is 9.99. The molecule has 1 aliphatic rings. The van der Waals surface area contributed by atoms with Crippen LogP contribution >= 0.6 is 11.6 Å². The van der Waals surface area contributed by atoms with Crippen LogP contribution in [-0.2, 0) is 43.3 Å². The number of hydrogen-bond donors (Lipinski definition) is 3. The van der Waals surface area contributed by atoms with Crippen LogP contribution in [0.5, 0.6) is 17.2 Å². The van der Waals surface area contributed by atoms with E-state index in [1.54, 1.807) is 80.9 Å². The highest BCUT2D eigenvalue weighted by molar-refractivity contribution is 6.31. The lowest BCUT2D eigenvalue weighted by Gasteiger charge is -2.42. The van der Waals surface area contributed by atoms with Crippen LogP contribution in [0.2, 0.25) is 5.02 Å². The van der Waals surface area contributed by atoms with Gasteiger partial charge in [-0.3, -0.25) is 9.80 Å². The van der Waals surface area contributed by atoms with Gasteiger partial charge in [0.1, 0.15) is 70.6 Å². The maximum Gasteiger partial charge on any atom is 0.344 e. The second kappa shape index (κ2) is 31.1. The van der Waals surface area contributed by atoms with Crippen LogP contribution in [-0.4, -0.2) is 137 Å². The number of benzene rings is 6. The molecule has 26 heteroatoms. The van der Waals surface area contributed by atoms with Crippen molar-refractivity contribution in [2.45, 2.75) is 19.6 Å². The molecule has 0 saturated carbocycles. The number of quaternary nitrogens is 1. The third-order valence-electron chi connectivity index (χ3n) is 16.8. The van der Waals surface area contributed by atoms with E-state index in [-0.39, 0.29) is 101 Å². The number of para-hydroxylation sites is 1. The molecule has 6 aromatic heterocycles. The quantitative estimate of drug-likeness (QED) is 0.0342. The van der Waals surface area contributed by atoms with Gasteiger partial charge in [0.2, 0.25) is 0 Å². The Balaban J connectivity index is 0.000000150.